The van der Waals surface area contributed by atoms with E-state index in [1.807, 2.05) is 25.1 Å². The van der Waals surface area contributed by atoms with E-state index in [0.717, 1.165) is 72.8 Å². The smallest absolute Gasteiger partial charge is 0.269 e. The van der Waals surface area contributed by atoms with E-state index in [-0.39, 0.29) is 10.6 Å². The van der Waals surface area contributed by atoms with Crippen molar-refractivity contribution in [3.63, 3.8) is 0 Å². The first-order valence-corrected chi connectivity index (χ1v) is 11.2. The van der Waals surface area contributed by atoms with Gasteiger partial charge in [0.15, 0.2) is 11.5 Å². The lowest BCUT2D eigenvalue weighted by Gasteiger charge is -2.37. The molecule has 1 saturated carbocycles. The second-order valence-electron chi connectivity index (χ2n) is 8.61. The standard InChI is InChI=1S/C24H27N5O4/c1-15-12-17(29(30)31)6-7-20(15)27-8-10-28(11-9-27)24-18-13-21(32-2)22(33-3)14-19(18)25-23(26-24)16-4-5-16/h6-7,12-14,16H,4-5,8-11H2,1-3H3. The number of nitro benzene ring substituents is 1. The molecule has 0 unspecified atom stereocenters. The first-order valence-electron chi connectivity index (χ1n) is 11.2. The van der Waals surface area contributed by atoms with Crippen LogP contribution >= 0.6 is 0 Å². The maximum atomic E-state index is 11.1. The van der Waals surface area contributed by atoms with Gasteiger partial charge in [-0.25, -0.2) is 9.97 Å². The number of methoxy groups -OCH3 is 2. The third-order valence-corrected chi connectivity index (χ3v) is 6.45. The minimum Gasteiger partial charge on any atom is -0.493 e. The highest BCUT2D eigenvalue weighted by atomic mass is 16.6. The first-order chi connectivity index (χ1) is 16.0. The van der Waals surface area contributed by atoms with Gasteiger partial charge in [0.2, 0.25) is 0 Å². The summed E-state index contributed by atoms with van der Waals surface area (Å²) in [5.74, 6) is 3.59. The lowest BCUT2D eigenvalue weighted by atomic mass is 10.1. The molecule has 2 aromatic carbocycles. The Morgan fingerprint density at radius 3 is 2.24 bits per heavy atom. The Morgan fingerprint density at radius 2 is 1.64 bits per heavy atom. The molecule has 9 heteroatoms. The lowest BCUT2D eigenvalue weighted by molar-refractivity contribution is -0.384. The van der Waals surface area contributed by atoms with Crippen molar-refractivity contribution in [3.05, 3.63) is 51.8 Å². The van der Waals surface area contributed by atoms with Crippen molar-refractivity contribution >= 4 is 28.1 Å². The number of aryl methyl sites for hydroxylation is 1. The van der Waals surface area contributed by atoms with Crippen LogP contribution in [0.1, 0.15) is 30.1 Å². The van der Waals surface area contributed by atoms with Crippen molar-refractivity contribution in [3.8, 4) is 11.5 Å². The number of hydrogen-bond acceptors (Lipinski definition) is 8. The molecule has 5 rings (SSSR count). The third kappa shape index (κ3) is 3.99. The first kappa shape index (κ1) is 21.2. The SMILES string of the molecule is COc1cc2nc(C3CC3)nc(N3CCN(c4ccc([N+](=O)[O-])cc4C)CC3)c2cc1OC. The molecule has 0 amide bonds. The predicted octanol–water partition coefficient (Wildman–Crippen LogP) is 4.07. The van der Waals surface area contributed by atoms with Gasteiger partial charge in [-0.15, -0.1) is 0 Å². The van der Waals surface area contributed by atoms with E-state index >= 15 is 0 Å². The van der Waals surface area contributed by atoms with Gasteiger partial charge in [0.1, 0.15) is 11.6 Å². The molecule has 0 bridgehead atoms. The fourth-order valence-corrected chi connectivity index (χ4v) is 4.49. The minimum absolute atomic E-state index is 0.124. The topological polar surface area (TPSA) is 93.9 Å². The van der Waals surface area contributed by atoms with Crippen LogP contribution in [0.4, 0.5) is 17.2 Å². The summed E-state index contributed by atoms with van der Waals surface area (Å²) in [5, 5.41) is 12.0. The van der Waals surface area contributed by atoms with Gasteiger partial charge in [0.05, 0.1) is 24.7 Å². The summed E-state index contributed by atoms with van der Waals surface area (Å²) in [6, 6.07) is 8.97. The number of piperazine rings is 1. The Hall–Kier alpha value is -3.62. The second kappa shape index (κ2) is 8.38. The average Bonchev–Trinajstić information content (AvgIpc) is 3.68. The van der Waals surface area contributed by atoms with Crippen LogP contribution in [0, 0.1) is 17.0 Å². The summed E-state index contributed by atoms with van der Waals surface area (Å²) < 4.78 is 11.0. The number of benzene rings is 2. The zero-order chi connectivity index (χ0) is 23.1. The summed E-state index contributed by atoms with van der Waals surface area (Å²) in [7, 11) is 3.26. The van der Waals surface area contributed by atoms with E-state index in [1.165, 1.54) is 0 Å². The van der Waals surface area contributed by atoms with E-state index in [0.29, 0.717) is 17.4 Å². The normalized spacial score (nSPS) is 16.2. The molecule has 2 aliphatic rings. The number of fused-ring (bicyclic) bond motifs is 1. The summed E-state index contributed by atoms with van der Waals surface area (Å²) in [5.41, 5.74) is 2.95. The number of hydrogen-bond donors (Lipinski definition) is 0. The van der Waals surface area contributed by atoms with Crippen LogP contribution in [-0.2, 0) is 0 Å². The zero-order valence-electron chi connectivity index (χ0n) is 19.1. The van der Waals surface area contributed by atoms with Gasteiger partial charge < -0.3 is 19.3 Å². The van der Waals surface area contributed by atoms with E-state index in [9.17, 15) is 10.1 Å². The Bertz CT molecular complexity index is 1220. The van der Waals surface area contributed by atoms with Gasteiger partial charge in [-0.3, -0.25) is 10.1 Å². The fraction of sp³-hybridized carbons (Fsp3) is 0.417. The van der Waals surface area contributed by atoms with Gasteiger partial charge in [-0.05, 0) is 37.5 Å². The quantitative estimate of drug-likeness (QED) is 0.411. The summed E-state index contributed by atoms with van der Waals surface area (Å²) in [4.78, 5) is 25.1. The van der Waals surface area contributed by atoms with Crippen LogP contribution in [0.15, 0.2) is 30.3 Å². The van der Waals surface area contributed by atoms with E-state index in [1.54, 1.807) is 26.4 Å². The molecule has 0 radical (unpaired) electrons. The monoisotopic (exact) mass is 449 g/mol. The highest BCUT2D eigenvalue weighted by Gasteiger charge is 2.30. The maximum absolute atomic E-state index is 11.1. The molecule has 9 nitrogen and oxygen atoms in total. The van der Waals surface area contributed by atoms with E-state index < -0.39 is 0 Å². The van der Waals surface area contributed by atoms with Crippen molar-refractivity contribution < 1.29 is 14.4 Å². The van der Waals surface area contributed by atoms with Gasteiger partial charge >= 0.3 is 0 Å². The number of non-ortho nitro benzene ring substituents is 1. The molecule has 2 fully saturated rings. The minimum atomic E-state index is -0.352. The van der Waals surface area contributed by atoms with Gasteiger partial charge in [-0.1, -0.05) is 0 Å². The molecule has 2 heterocycles. The molecular formula is C24H27N5O4. The van der Waals surface area contributed by atoms with Crippen molar-refractivity contribution in [2.75, 3.05) is 50.2 Å². The molecule has 3 aromatic rings. The number of anilines is 2. The summed E-state index contributed by atoms with van der Waals surface area (Å²) >= 11 is 0. The highest BCUT2D eigenvalue weighted by molar-refractivity contribution is 5.92. The summed E-state index contributed by atoms with van der Waals surface area (Å²) in [6.07, 6.45) is 2.26. The third-order valence-electron chi connectivity index (χ3n) is 6.45. The molecule has 1 aromatic heterocycles. The Balaban J connectivity index is 1.45. The van der Waals surface area contributed by atoms with Crippen LogP contribution < -0.4 is 19.3 Å². The molecule has 172 valence electrons. The lowest BCUT2D eigenvalue weighted by Crippen LogP contribution is -2.47. The zero-order valence-corrected chi connectivity index (χ0v) is 19.1. The Kier molecular flexibility index (Phi) is 5.39. The van der Waals surface area contributed by atoms with E-state index in [2.05, 4.69) is 9.80 Å². The summed E-state index contributed by atoms with van der Waals surface area (Å²) in [6.45, 7) is 5.11. The molecule has 1 saturated heterocycles. The van der Waals surface area contributed by atoms with Gasteiger partial charge in [-0.2, -0.15) is 0 Å². The number of nitrogens with zero attached hydrogens (tertiary/aromatic N) is 5. The van der Waals surface area contributed by atoms with Crippen LogP contribution in [0.3, 0.4) is 0 Å². The van der Waals surface area contributed by atoms with Gasteiger partial charge in [0, 0.05) is 61.4 Å². The van der Waals surface area contributed by atoms with Gasteiger partial charge in [0.25, 0.3) is 5.69 Å². The molecule has 0 N–H and O–H groups in total. The number of nitro groups is 1. The molecule has 0 spiro atoms. The number of ether oxygens (including phenoxy) is 2. The van der Waals surface area contributed by atoms with Crippen LogP contribution in [0.2, 0.25) is 0 Å². The number of aromatic nitrogens is 2. The molecule has 1 aliphatic carbocycles. The number of rotatable bonds is 6. The van der Waals surface area contributed by atoms with E-state index in [4.69, 9.17) is 19.4 Å². The maximum Gasteiger partial charge on any atom is 0.269 e. The predicted molar refractivity (Wildman–Crippen MR) is 127 cm³/mol. The van der Waals surface area contributed by atoms with Crippen molar-refractivity contribution in [1.29, 1.82) is 0 Å². The molecule has 0 atom stereocenters. The van der Waals surface area contributed by atoms with Crippen molar-refractivity contribution in [2.24, 2.45) is 0 Å². The Morgan fingerprint density at radius 1 is 0.970 bits per heavy atom. The van der Waals surface area contributed by atoms with Crippen LogP contribution in [0.25, 0.3) is 10.9 Å². The largest absolute Gasteiger partial charge is 0.493 e. The average molecular weight is 450 g/mol. The fourth-order valence-electron chi connectivity index (χ4n) is 4.49. The van der Waals surface area contributed by atoms with Crippen LogP contribution in [-0.4, -0.2) is 55.3 Å². The highest BCUT2D eigenvalue weighted by Crippen LogP contribution is 2.42. The van der Waals surface area contributed by atoms with Crippen molar-refractivity contribution in [1.82, 2.24) is 9.97 Å². The Labute approximate surface area is 192 Å². The molecular weight excluding hydrogens is 422 g/mol. The van der Waals surface area contributed by atoms with Crippen LogP contribution in [0.5, 0.6) is 11.5 Å². The molecule has 1 aliphatic heterocycles. The second-order valence-corrected chi connectivity index (χ2v) is 8.61. The molecule has 33 heavy (non-hydrogen) atoms. The van der Waals surface area contributed by atoms with Crippen molar-refractivity contribution in [2.45, 2.75) is 25.7 Å².